The van der Waals surface area contributed by atoms with E-state index in [1.165, 1.54) is 0 Å². The first kappa shape index (κ1) is 17.2. The van der Waals surface area contributed by atoms with Gasteiger partial charge in [0.25, 0.3) is 0 Å². The zero-order valence-electron chi connectivity index (χ0n) is 12.1. The Balaban J connectivity index is 1.88. The van der Waals surface area contributed by atoms with Crippen LogP contribution >= 0.6 is 10.2 Å². The normalized spacial score (nSPS) is 31.6. The summed E-state index contributed by atoms with van der Waals surface area (Å²) < 4.78 is 77.5. The van der Waals surface area contributed by atoms with Gasteiger partial charge in [0.2, 0.25) is 5.91 Å². The molecule has 1 saturated carbocycles. The molecule has 2 bridgehead atoms. The summed E-state index contributed by atoms with van der Waals surface area (Å²) in [4.78, 5) is 9.85. The van der Waals surface area contributed by atoms with Crippen molar-refractivity contribution >= 4 is 21.8 Å². The molecule has 0 heterocycles. The number of nitrogens with one attached hydrogen (secondary N) is 1. The zero-order chi connectivity index (χ0) is 18.0. The average molecular weight is 372 g/mol. The number of anilines is 1. The minimum Gasteiger partial charge on any atom is -0.326 e. The molecule has 24 heavy (non-hydrogen) atoms. The topological polar surface area (TPSA) is 55.1 Å². The Morgan fingerprint density at radius 1 is 1.08 bits per heavy atom. The maximum atomic E-state index is 13.4. The monoisotopic (exact) mass is 372 g/mol. The van der Waals surface area contributed by atoms with Gasteiger partial charge in [0, 0.05) is 11.7 Å². The molecule has 0 saturated heterocycles. The van der Waals surface area contributed by atoms with Gasteiger partial charge < -0.3 is 11.1 Å². The highest BCUT2D eigenvalue weighted by molar-refractivity contribution is 8.45. The van der Waals surface area contributed by atoms with E-state index in [0.717, 1.165) is 0 Å². The maximum absolute atomic E-state index is 13.4. The van der Waals surface area contributed by atoms with E-state index in [1.54, 1.807) is 6.08 Å². The fourth-order valence-corrected chi connectivity index (χ4v) is 4.00. The smallest absolute Gasteiger partial charge is 0.310 e. The van der Waals surface area contributed by atoms with E-state index in [0.29, 0.717) is 12.5 Å². The van der Waals surface area contributed by atoms with Gasteiger partial charge in [-0.25, -0.2) is 4.39 Å². The lowest BCUT2D eigenvalue weighted by Gasteiger charge is -2.40. The van der Waals surface area contributed by atoms with Gasteiger partial charge in [0.15, 0.2) is 0 Å². The van der Waals surface area contributed by atoms with Gasteiger partial charge in [-0.15, -0.1) is 0 Å². The van der Waals surface area contributed by atoms with Crippen molar-refractivity contribution in [2.24, 2.45) is 23.5 Å². The number of carbonyl (C=O) groups is 1. The van der Waals surface area contributed by atoms with E-state index < -0.39 is 44.5 Å². The van der Waals surface area contributed by atoms with Crippen LogP contribution < -0.4 is 11.1 Å². The van der Waals surface area contributed by atoms with E-state index in [4.69, 9.17) is 5.73 Å². The van der Waals surface area contributed by atoms with Crippen molar-refractivity contribution in [3.8, 4) is 0 Å². The molecule has 4 unspecified atom stereocenters. The van der Waals surface area contributed by atoms with Crippen LogP contribution in [0.1, 0.15) is 6.42 Å². The van der Waals surface area contributed by atoms with Gasteiger partial charge in [-0.3, -0.25) is 4.79 Å². The third-order valence-electron chi connectivity index (χ3n) is 4.41. The molecule has 0 aromatic heterocycles. The van der Waals surface area contributed by atoms with Crippen LogP contribution in [-0.4, -0.2) is 11.9 Å². The lowest BCUT2D eigenvalue weighted by atomic mass is 9.88. The molecule has 1 fully saturated rings. The summed E-state index contributed by atoms with van der Waals surface area (Å²) in [7, 11) is -10.0. The Kier molecular flexibility index (Phi) is 3.20. The standard InChI is InChI=1S/C14H14F6N2OS/c15-9-4-10(6-11(5-9)24(16,17,18,19)20)22-14(23)12-7-1-2-8(3-7)13(12)21/h1-2,4-8,12-13H,3,21H2,(H,22,23). The number of hydrogen-bond donors (Lipinski definition) is 2. The molecular formula is C14H14F6N2OS. The van der Waals surface area contributed by atoms with Crippen LogP contribution in [-0.2, 0) is 4.79 Å². The van der Waals surface area contributed by atoms with Gasteiger partial charge in [-0.1, -0.05) is 31.6 Å². The molecule has 3 rings (SSSR count). The van der Waals surface area contributed by atoms with Gasteiger partial charge in [0.1, 0.15) is 10.7 Å². The zero-order valence-corrected chi connectivity index (χ0v) is 12.9. The fraction of sp³-hybridized carbons (Fsp3) is 0.357. The second kappa shape index (κ2) is 4.48. The molecule has 0 spiro atoms. The molecule has 1 amide bonds. The van der Waals surface area contributed by atoms with E-state index in [9.17, 15) is 28.6 Å². The van der Waals surface area contributed by atoms with Crippen molar-refractivity contribution in [3.05, 3.63) is 36.2 Å². The number of fused-ring (bicyclic) bond motifs is 2. The van der Waals surface area contributed by atoms with Crippen LogP contribution in [0.15, 0.2) is 35.2 Å². The number of rotatable bonds is 3. The van der Waals surface area contributed by atoms with Crippen LogP contribution in [0.25, 0.3) is 0 Å². The van der Waals surface area contributed by atoms with E-state index in [2.05, 4.69) is 5.32 Å². The Hall–Kier alpha value is -1.68. The average Bonchev–Trinajstić information content (AvgIpc) is 2.95. The van der Waals surface area contributed by atoms with E-state index in [1.807, 2.05) is 6.08 Å². The quantitative estimate of drug-likeness (QED) is 0.603. The van der Waals surface area contributed by atoms with Crippen molar-refractivity contribution in [1.82, 2.24) is 0 Å². The summed E-state index contributed by atoms with van der Waals surface area (Å²) >= 11 is 0. The molecule has 4 atom stereocenters. The Labute approximate surface area is 133 Å². The predicted octanol–water partition coefficient (Wildman–Crippen LogP) is 4.57. The number of benzene rings is 1. The minimum atomic E-state index is -10.0. The highest BCUT2D eigenvalue weighted by Gasteiger charge is 2.65. The predicted molar refractivity (Wildman–Crippen MR) is 78.6 cm³/mol. The second-order valence-electron chi connectivity index (χ2n) is 6.19. The Morgan fingerprint density at radius 2 is 1.71 bits per heavy atom. The molecular weight excluding hydrogens is 358 g/mol. The number of halogens is 6. The largest absolute Gasteiger partial charge is 0.326 e. The summed E-state index contributed by atoms with van der Waals surface area (Å²) in [5.41, 5.74) is 5.23. The number of carbonyl (C=O) groups excluding carboxylic acids is 1. The highest BCUT2D eigenvalue weighted by Crippen LogP contribution is 3.02. The molecule has 2 aliphatic carbocycles. The molecule has 0 aliphatic heterocycles. The van der Waals surface area contributed by atoms with Crippen LogP contribution in [0.2, 0.25) is 0 Å². The van der Waals surface area contributed by atoms with E-state index >= 15 is 0 Å². The Bertz CT molecular complexity index is 748. The molecule has 3 N–H and O–H groups in total. The van der Waals surface area contributed by atoms with Gasteiger partial charge in [-0.05, 0) is 36.5 Å². The summed E-state index contributed by atoms with van der Waals surface area (Å²) in [5, 5.41) is 2.08. The lowest BCUT2D eigenvalue weighted by molar-refractivity contribution is -0.120. The first-order valence-corrected chi connectivity index (χ1v) is 8.99. The summed E-state index contributed by atoms with van der Waals surface area (Å²) in [6, 6.07) is -0.205. The summed E-state index contributed by atoms with van der Waals surface area (Å²) in [6.45, 7) is 0. The van der Waals surface area contributed by atoms with Crippen molar-refractivity contribution in [2.45, 2.75) is 17.4 Å². The van der Waals surface area contributed by atoms with Gasteiger partial charge in [-0.2, -0.15) is 0 Å². The summed E-state index contributed by atoms with van der Waals surface area (Å²) in [6.07, 6.45) is 4.32. The van der Waals surface area contributed by atoms with Gasteiger partial charge >= 0.3 is 10.2 Å². The number of amides is 1. The molecule has 1 aromatic rings. The van der Waals surface area contributed by atoms with E-state index in [-0.39, 0.29) is 24.0 Å². The second-order valence-corrected chi connectivity index (χ2v) is 8.59. The van der Waals surface area contributed by atoms with Crippen LogP contribution in [0.4, 0.5) is 29.5 Å². The molecule has 2 aliphatic rings. The van der Waals surface area contributed by atoms with Crippen molar-refractivity contribution in [3.63, 3.8) is 0 Å². The number of hydrogen-bond acceptors (Lipinski definition) is 2. The van der Waals surface area contributed by atoms with Crippen LogP contribution in [0.3, 0.4) is 0 Å². The highest BCUT2D eigenvalue weighted by atomic mass is 32.5. The molecule has 10 heteroatoms. The lowest BCUT2D eigenvalue weighted by Crippen LogP contribution is -2.41. The maximum Gasteiger partial charge on any atom is 0.310 e. The minimum absolute atomic E-state index is 0.00138. The van der Waals surface area contributed by atoms with Crippen LogP contribution in [0.5, 0.6) is 0 Å². The van der Waals surface area contributed by atoms with Crippen molar-refractivity contribution < 1.29 is 28.6 Å². The molecule has 3 nitrogen and oxygen atoms in total. The van der Waals surface area contributed by atoms with Gasteiger partial charge in [0.05, 0.1) is 5.92 Å². The van der Waals surface area contributed by atoms with Crippen molar-refractivity contribution in [1.29, 1.82) is 0 Å². The van der Waals surface area contributed by atoms with Crippen molar-refractivity contribution in [2.75, 3.05) is 5.32 Å². The number of nitrogens with two attached hydrogens (primary N) is 1. The SMILES string of the molecule is NC1C2C=CC(C2)C1C(=O)Nc1cc(F)cc(S(F)(F)(F)(F)F)c1. The Morgan fingerprint density at radius 3 is 2.25 bits per heavy atom. The number of allylic oxidation sites excluding steroid dienone is 1. The molecule has 1 aromatic carbocycles. The third-order valence-corrected chi connectivity index (χ3v) is 5.53. The molecule has 0 radical (unpaired) electrons. The summed E-state index contributed by atoms with van der Waals surface area (Å²) in [5.74, 6) is -3.08. The van der Waals surface area contributed by atoms with Crippen LogP contribution in [0, 0.1) is 23.6 Å². The fourth-order valence-electron chi connectivity index (χ4n) is 3.31. The first-order chi connectivity index (χ1) is 10.7. The molecule has 134 valence electrons. The third kappa shape index (κ3) is 3.12. The first-order valence-electron chi connectivity index (χ1n) is 7.04.